The predicted octanol–water partition coefficient (Wildman–Crippen LogP) is 14.1. The van der Waals surface area contributed by atoms with E-state index in [1.165, 1.54) is 38.9 Å². The average Bonchev–Trinajstić information content (AvgIpc) is 3.84. The summed E-state index contributed by atoms with van der Waals surface area (Å²) in [5.74, 6) is 5.49. The van der Waals surface area contributed by atoms with Gasteiger partial charge in [-0.3, -0.25) is 0 Å². The molecule has 0 spiro atoms. The van der Waals surface area contributed by atoms with Gasteiger partial charge in [-0.15, -0.1) is 28.3 Å². The van der Waals surface area contributed by atoms with Crippen molar-refractivity contribution in [3.63, 3.8) is 0 Å². The van der Waals surface area contributed by atoms with Crippen LogP contribution < -0.4 is 4.57 Å². The lowest BCUT2D eigenvalue weighted by Crippen LogP contribution is -2.44. The van der Waals surface area contributed by atoms with Crippen LogP contribution in [0.5, 0.6) is 0 Å². The van der Waals surface area contributed by atoms with E-state index in [4.69, 9.17) is 0 Å². The molecule has 0 radical (unpaired) electrons. The SMILES string of the molecule is C=C(F)/C=C\C(=C/C)c1ccc(-c2cn(-c3cc(-c4cc(C)cc[n+]4C(CC)C(C)CC)c(C)s3)nn2)cc1.CC#CC.C\C=C/C=C(C)/C(/C=C\C)=C/C. The standard InChI is InChI=1S/C33H38FN4S.C12H18.C4H6/c1-8-23(5)31(10-3)37-18-17-22(4)19-32(37)29-20-33(39-25(29)7)38-21-30(35-36-38)28-15-13-27(14-16-28)26(9-2)12-11-24(6)34;1-5-8-10-11(4)12(7-3)9-6-2;1-3-4-2/h9,11-21,23,31H,6,8,10H2,1-5,7H3;5-10H,1-4H3;1-2H3/q+1;;/b12-11-,26-9+;8-5-,9-6-,11-10+,12-7+;. The number of halogens is 1. The van der Waals surface area contributed by atoms with Crippen molar-refractivity contribution in [2.45, 2.75) is 102 Å². The highest BCUT2D eigenvalue weighted by atomic mass is 32.1. The molecule has 0 saturated heterocycles. The Balaban J connectivity index is 0.000000549. The summed E-state index contributed by atoms with van der Waals surface area (Å²) in [7, 11) is 0. The molecule has 0 aliphatic carbocycles. The number of thiophene rings is 1. The first-order chi connectivity index (χ1) is 26.4. The van der Waals surface area contributed by atoms with Crippen molar-refractivity contribution in [3.05, 3.63) is 149 Å². The van der Waals surface area contributed by atoms with E-state index in [0.29, 0.717) is 12.0 Å². The van der Waals surface area contributed by atoms with Crippen LogP contribution in [-0.2, 0) is 0 Å². The Bertz CT molecular complexity index is 2060. The first kappa shape index (κ1) is 46.0. The zero-order valence-corrected chi connectivity index (χ0v) is 36.1. The highest BCUT2D eigenvalue weighted by Crippen LogP contribution is 2.34. The van der Waals surface area contributed by atoms with Gasteiger partial charge < -0.3 is 0 Å². The van der Waals surface area contributed by atoms with E-state index in [-0.39, 0.29) is 0 Å². The summed E-state index contributed by atoms with van der Waals surface area (Å²) in [6.07, 6.45) is 24.0. The maximum atomic E-state index is 13.1. The van der Waals surface area contributed by atoms with Gasteiger partial charge in [-0.05, 0) is 109 Å². The quantitative estimate of drug-likeness (QED) is 0.0773. The van der Waals surface area contributed by atoms with Crippen molar-refractivity contribution in [2.24, 2.45) is 5.92 Å². The van der Waals surface area contributed by atoms with Gasteiger partial charge in [-0.1, -0.05) is 105 Å². The average molecular weight is 758 g/mol. The number of rotatable bonds is 13. The van der Waals surface area contributed by atoms with E-state index < -0.39 is 5.83 Å². The summed E-state index contributed by atoms with van der Waals surface area (Å²) in [5, 5.41) is 9.96. The van der Waals surface area contributed by atoms with Crippen molar-refractivity contribution in [1.82, 2.24) is 15.0 Å². The van der Waals surface area contributed by atoms with E-state index in [1.807, 2.05) is 81.9 Å². The Hall–Kier alpha value is -5.12. The highest BCUT2D eigenvalue weighted by Gasteiger charge is 2.28. The molecule has 0 aliphatic heterocycles. The second kappa shape index (κ2) is 24.3. The fourth-order valence-corrected chi connectivity index (χ4v) is 6.90. The van der Waals surface area contributed by atoms with Gasteiger partial charge in [0.2, 0.25) is 5.69 Å². The third-order valence-electron chi connectivity index (χ3n) is 9.29. The van der Waals surface area contributed by atoms with Gasteiger partial charge in [0.1, 0.15) is 16.5 Å². The molecular formula is C49H62FN4S+. The second-order valence-electron chi connectivity index (χ2n) is 13.2. The number of nitrogens with zero attached hydrogens (tertiary/aromatic N) is 4. The highest BCUT2D eigenvalue weighted by molar-refractivity contribution is 7.15. The Morgan fingerprint density at radius 2 is 1.64 bits per heavy atom. The first-order valence-corrected chi connectivity index (χ1v) is 20.0. The van der Waals surface area contributed by atoms with E-state index in [0.717, 1.165) is 40.2 Å². The molecule has 0 amide bonds. The summed E-state index contributed by atoms with van der Waals surface area (Å²) in [4.78, 5) is 1.26. The van der Waals surface area contributed by atoms with Crippen molar-refractivity contribution >= 4 is 16.9 Å². The van der Waals surface area contributed by atoms with Crippen molar-refractivity contribution in [3.8, 4) is 39.4 Å². The van der Waals surface area contributed by atoms with Crippen LogP contribution in [0.15, 0.2) is 133 Å². The van der Waals surface area contributed by atoms with Crippen LogP contribution in [0.1, 0.15) is 104 Å². The number of hydrogen-bond donors (Lipinski definition) is 0. The lowest BCUT2D eigenvalue weighted by Gasteiger charge is -2.19. The third kappa shape index (κ3) is 13.9. The lowest BCUT2D eigenvalue weighted by atomic mass is 9.95. The Kier molecular flexibility index (Phi) is 20.4. The monoisotopic (exact) mass is 757 g/mol. The van der Waals surface area contributed by atoms with Gasteiger partial charge in [-0.25, -0.2) is 9.07 Å². The van der Waals surface area contributed by atoms with E-state index >= 15 is 0 Å². The van der Waals surface area contributed by atoms with Crippen LogP contribution >= 0.6 is 11.3 Å². The van der Waals surface area contributed by atoms with Gasteiger partial charge in [0.15, 0.2) is 12.2 Å². The molecule has 0 aliphatic rings. The Morgan fingerprint density at radius 1 is 0.945 bits per heavy atom. The second-order valence-corrected chi connectivity index (χ2v) is 14.4. The summed E-state index contributed by atoms with van der Waals surface area (Å²) in [5.41, 5.74) is 10.0. The minimum absolute atomic E-state index is 0.448. The smallest absolute Gasteiger partial charge is 0.210 e. The normalized spacial score (nSPS) is 13.2. The van der Waals surface area contributed by atoms with E-state index in [1.54, 1.807) is 17.4 Å². The van der Waals surface area contributed by atoms with Crippen LogP contribution in [0.25, 0.3) is 33.1 Å². The molecule has 55 heavy (non-hydrogen) atoms. The van der Waals surface area contributed by atoms with Gasteiger partial charge in [0.05, 0.1) is 11.8 Å². The third-order valence-corrected chi connectivity index (χ3v) is 10.3. The number of hydrogen-bond acceptors (Lipinski definition) is 3. The molecule has 3 aromatic heterocycles. The summed E-state index contributed by atoms with van der Waals surface area (Å²) >= 11 is 1.73. The molecule has 290 valence electrons. The van der Waals surface area contributed by atoms with Crippen molar-refractivity contribution < 1.29 is 8.96 Å². The maximum Gasteiger partial charge on any atom is 0.214 e. The molecule has 0 saturated carbocycles. The van der Waals surface area contributed by atoms with Crippen molar-refractivity contribution in [2.75, 3.05) is 0 Å². The molecule has 4 rings (SSSR count). The van der Waals surface area contributed by atoms with Gasteiger partial charge in [0.25, 0.3) is 0 Å². The first-order valence-electron chi connectivity index (χ1n) is 19.2. The summed E-state index contributed by atoms with van der Waals surface area (Å²) in [6.45, 7) is 28.3. The van der Waals surface area contributed by atoms with Crippen LogP contribution in [0.2, 0.25) is 0 Å². The Labute approximate surface area is 335 Å². The molecule has 6 heteroatoms. The molecular weight excluding hydrogens is 696 g/mol. The molecule has 0 bridgehead atoms. The summed E-state index contributed by atoms with van der Waals surface area (Å²) in [6, 6.07) is 15.3. The minimum atomic E-state index is -0.465. The number of pyridine rings is 1. The van der Waals surface area contributed by atoms with Crippen LogP contribution in [0, 0.1) is 31.6 Å². The number of allylic oxidation sites excluding steroid dienone is 13. The molecule has 1 aromatic carbocycles. The predicted molar refractivity (Wildman–Crippen MR) is 238 cm³/mol. The molecule has 4 nitrogen and oxygen atoms in total. The number of benzene rings is 1. The number of aromatic nitrogens is 4. The summed E-state index contributed by atoms with van der Waals surface area (Å²) < 4.78 is 17.4. The van der Waals surface area contributed by atoms with Gasteiger partial charge in [0, 0.05) is 34.9 Å². The number of aryl methyl sites for hydroxylation is 2. The van der Waals surface area contributed by atoms with E-state index in [9.17, 15) is 4.39 Å². The van der Waals surface area contributed by atoms with Gasteiger partial charge >= 0.3 is 0 Å². The minimum Gasteiger partial charge on any atom is -0.210 e. The molecule has 2 atom stereocenters. The van der Waals surface area contributed by atoms with Crippen LogP contribution in [0.4, 0.5) is 4.39 Å². The zero-order chi connectivity index (χ0) is 40.9. The van der Waals surface area contributed by atoms with Gasteiger partial charge in [-0.2, -0.15) is 4.57 Å². The lowest BCUT2D eigenvalue weighted by molar-refractivity contribution is -0.720. The molecule has 0 N–H and O–H groups in total. The molecule has 4 aromatic rings. The largest absolute Gasteiger partial charge is 0.214 e. The molecule has 0 fully saturated rings. The Morgan fingerprint density at radius 3 is 2.18 bits per heavy atom. The fraction of sp³-hybridized carbons (Fsp3) is 0.327. The van der Waals surface area contributed by atoms with Crippen LogP contribution in [0.3, 0.4) is 0 Å². The topological polar surface area (TPSA) is 34.6 Å². The fourth-order valence-electron chi connectivity index (χ4n) is 5.95. The molecule has 2 unspecified atom stereocenters. The van der Waals surface area contributed by atoms with Crippen molar-refractivity contribution in [1.29, 1.82) is 0 Å². The maximum absolute atomic E-state index is 13.1. The molecule has 3 heterocycles. The zero-order valence-electron chi connectivity index (χ0n) is 35.2. The van der Waals surface area contributed by atoms with E-state index in [2.05, 4.69) is 137 Å². The van der Waals surface area contributed by atoms with Crippen LogP contribution in [-0.4, -0.2) is 15.0 Å².